The minimum atomic E-state index is -0.350. The molecule has 0 bridgehead atoms. The second kappa shape index (κ2) is 6.80. The van der Waals surface area contributed by atoms with Crippen LogP contribution in [0.4, 0.5) is 5.82 Å². The number of hydrogen-bond donors (Lipinski definition) is 2. The average molecular weight is 410 g/mol. The fourth-order valence-electron chi connectivity index (χ4n) is 2.76. The Bertz CT molecular complexity index is 996. The highest BCUT2D eigenvalue weighted by Crippen LogP contribution is 2.38. The van der Waals surface area contributed by atoms with Gasteiger partial charge < -0.3 is 15.0 Å². The molecule has 3 aromatic heterocycles. The molecule has 1 aliphatic rings. The van der Waals surface area contributed by atoms with Gasteiger partial charge in [-0.2, -0.15) is 0 Å². The minimum absolute atomic E-state index is 0.0662. The molecule has 0 unspecified atom stereocenters. The van der Waals surface area contributed by atoms with Gasteiger partial charge in [0.25, 0.3) is 0 Å². The number of aromatic nitrogens is 4. The third-order valence-corrected chi connectivity index (χ3v) is 6.38. The average Bonchev–Trinajstić information content (AvgIpc) is 3.16. The van der Waals surface area contributed by atoms with E-state index in [1.165, 1.54) is 30.0 Å². The molecule has 0 radical (unpaired) electrons. The number of aryl methyl sites for hydroxylation is 1. The first-order valence-corrected chi connectivity index (χ1v) is 10.2. The molecule has 10 heteroatoms. The van der Waals surface area contributed by atoms with E-state index in [1.54, 1.807) is 5.38 Å². The number of aliphatic hydroxyl groups excluding tert-OH is 1. The summed E-state index contributed by atoms with van der Waals surface area (Å²) >= 11 is 9.22. The van der Waals surface area contributed by atoms with Crippen LogP contribution in [-0.2, 0) is 6.42 Å². The van der Waals surface area contributed by atoms with E-state index in [4.69, 9.17) is 11.6 Å². The predicted molar refractivity (Wildman–Crippen MR) is 103 cm³/mol. The number of ketones is 1. The molecule has 1 aliphatic heterocycles. The number of anilines is 1. The van der Waals surface area contributed by atoms with Gasteiger partial charge in [-0.3, -0.25) is 4.79 Å². The summed E-state index contributed by atoms with van der Waals surface area (Å²) in [7, 11) is 0. The van der Waals surface area contributed by atoms with Crippen molar-refractivity contribution < 1.29 is 9.90 Å². The normalized spacial score (nSPS) is 14.8. The van der Waals surface area contributed by atoms with Gasteiger partial charge in [-0.1, -0.05) is 18.5 Å². The number of hydrogen-bond acceptors (Lipinski definition) is 8. The maximum absolute atomic E-state index is 11.4. The standard InChI is InChI=1S/C16H16ClN5O2S2/c1-3-9-12(17)11-13(18-9)20-15(21-14(11)22-4-8(24)5-22)26-16-19-10(6-25-16)7(2)23/h6,8,24H,3-5H2,1-2H3,(H,18,20,21). The van der Waals surface area contributed by atoms with Crippen LogP contribution in [0.25, 0.3) is 11.0 Å². The van der Waals surface area contributed by atoms with Crippen molar-refractivity contribution in [2.24, 2.45) is 0 Å². The number of aliphatic hydroxyl groups is 1. The molecule has 3 aromatic rings. The SMILES string of the molecule is CCc1[nH]c2nc(Sc3nc(C(C)=O)cs3)nc(N3CC(O)C3)c2c1Cl. The first-order chi connectivity index (χ1) is 12.5. The third-order valence-electron chi connectivity index (χ3n) is 4.16. The van der Waals surface area contributed by atoms with Crippen LogP contribution < -0.4 is 4.90 Å². The number of rotatable bonds is 5. The Hall–Kier alpha value is -1.68. The zero-order valence-corrected chi connectivity index (χ0v) is 16.5. The zero-order chi connectivity index (χ0) is 18.4. The molecule has 0 aromatic carbocycles. The van der Waals surface area contributed by atoms with Crippen LogP contribution in [0.1, 0.15) is 30.0 Å². The van der Waals surface area contributed by atoms with E-state index >= 15 is 0 Å². The Labute approximate surface area is 162 Å². The second-order valence-electron chi connectivity index (χ2n) is 6.04. The fraction of sp³-hybridized carbons (Fsp3) is 0.375. The first kappa shape index (κ1) is 17.7. The summed E-state index contributed by atoms with van der Waals surface area (Å²) in [4.78, 5) is 30.2. The number of H-pyrrole nitrogens is 1. The molecule has 136 valence electrons. The van der Waals surface area contributed by atoms with Gasteiger partial charge in [-0.15, -0.1) is 11.3 Å². The number of thiazole rings is 1. The molecule has 4 heterocycles. The number of aromatic amines is 1. The lowest BCUT2D eigenvalue weighted by atomic mass is 10.1. The third kappa shape index (κ3) is 3.09. The largest absolute Gasteiger partial charge is 0.389 e. The fourth-order valence-corrected chi connectivity index (χ4v) is 4.83. The smallest absolute Gasteiger partial charge is 0.198 e. The predicted octanol–water partition coefficient (Wildman–Crippen LogP) is 3.16. The number of nitrogens with one attached hydrogen (secondary N) is 1. The van der Waals surface area contributed by atoms with Crippen LogP contribution in [0.15, 0.2) is 14.9 Å². The molecule has 2 N–H and O–H groups in total. The molecule has 0 amide bonds. The van der Waals surface area contributed by atoms with Gasteiger partial charge in [0.05, 0.1) is 16.5 Å². The molecule has 0 atom stereocenters. The van der Waals surface area contributed by atoms with Crippen molar-refractivity contribution >= 4 is 57.3 Å². The van der Waals surface area contributed by atoms with Gasteiger partial charge in [0.1, 0.15) is 17.2 Å². The molecule has 1 saturated heterocycles. The van der Waals surface area contributed by atoms with E-state index in [0.29, 0.717) is 44.8 Å². The summed E-state index contributed by atoms with van der Waals surface area (Å²) in [5.74, 6) is 0.649. The van der Waals surface area contributed by atoms with Crippen molar-refractivity contribution in [2.75, 3.05) is 18.0 Å². The molecule has 0 spiro atoms. The van der Waals surface area contributed by atoms with Crippen LogP contribution in [0.5, 0.6) is 0 Å². The number of Topliss-reactive ketones (excluding diaryl/α,β-unsaturated/α-hetero) is 1. The maximum Gasteiger partial charge on any atom is 0.198 e. The Morgan fingerprint density at radius 3 is 2.85 bits per heavy atom. The van der Waals surface area contributed by atoms with Gasteiger partial charge in [0.2, 0.25) is 0 Å². The molecule has 0 saturated carbocycles. The van der Waals surface area contributed by atoms with Crippen LogP contribution >= 0.6 is 34.7 Å². The number of carbonyl (C=O) groups is 1. The highest BCUT2D eigenvalue weighted by molar-refractivity contribution is 8.00. The number of nitrogens with zero attached hydrogens (tertiary/aromatic N) is 4. The van der Waals surface area contributed by atoms with Crippen molar-refractivity contribution in [3.8, 4) is 0 Å². The summed E-state index contributed by atoms with van der Waals surface area (Å²) in [6.07, 6.45) is 0.408. The molecular weight excluding hydrogens is 394 g/mol. The number of carbonyl (C=O) groups excluding carboxylic acids is 1. The summed E-state index contributed by atoms with van der Waals surface area (Å²) in [5.41, 5.74) is 2.03. The van der Waals surface area contributed by atoms with Crippen molar-refractivity contribution in [1.29, 1.82) is 0 Å². The summed E-state index contributed by atoms with van der Waals surface area (Å²) in [6.45, 7) is 4.55. The first-order valence-electron chi connectivity index (χ1n) is 8.11. The van der Waals surface area contributed by atoms with Gasteiger partial charge in [-0.05, 0) is 18.2 Å². The summed E-state index contributed by atoms with van der Waals surface area (Å²) in [5, 5.41) is 13.3. The van der Waals surface area contributed by atoms with Gasteiger partial charge >= 0.3 is 0 Å². The molecule has 4 rings (SSSR count). The highest BCUT2D eigenvalue weighted by atomic mass is 35.5. The lowest BCUT2D eigenvalue weighted by Crippen LogP contribution is -2.51. The van der Waals surface area contributed by atoms with Gasteiger partial charge in [0.15, 0.2) is 15.3 Å². The Balaban J connectivity index is 1.76. The van der Waals surface area contributed by atoms with Gasteiger partial charge in [-0.25, -0.2) is 15.0 Å². The molecule has 1 fully saturated rings. The van der Waals surface area contributed by atoms with Crippen LogP contribution in [-0.4, -0.2) is 50.0 Å². The van der Waals surface area contributed by atoms with E-state index in [2.05, 4.69) is 19.9 Å². The molecule has 0 aliphatic carbocycles. The van der Waals surface area contributed by atoms with Crippen LogP contribution in [0.3, 0.4) is 0 Å². The zero-order valence-electron chi connectivity index (χ0n) is 14.1. The minimum Gasteiger partial charge on any atom is -0.389 e. The lowest BCUT2D eigenvalue weighted by molar-refractivity contribution is 0.101. The molecule has 7 nitrogen and oxygen atoms in total. The number of β-amino-alcohol motifs (C(OH)–C–C–N with tert-alkyl or cyclic N) is 1. The lowest BCUT2D eigenvalue weighted by Gasteiger charge is -2.37. The van der Waals surface area contributed by atoms with Crippen molar-refractivity contribution in [3.63, 3.8) is 0 Å². The number of halogens is 1. The summed E-state index contributed by atoms with van der Waals surface area (Å²) < 4.78 is 0.706. The molecule has 26 heavy (non-hydrogen) atoms. The number of fused-ring (bicyclic) bond motifs is 1. The highest BCUT2D eigenvalue weighted by Gasteiger charge is 2.30. The van der Waals surface area contributed by atoms with Crippen molar-refractivity contribution in [3.05, 3.63) is 21.8 Å². The topological polar surface area (TPSA) is 95.0 Å². The van der Waals surface area contributed by atoms with E-state index in [0.717, 1.165) is 17.5 Å². The second-order valence-corrected chi connectivity index (χ2v) is 8.49. The van der Waals surface area contributed by atoms with Crippen molar-refractivity contribution in [1.82, 2.24) is 19.9 Å². The Morgan fingerprint density at radius 2 is 2.23 bits per heavy atom. The maximum atomic E-state index is 11.4. The summed E-state index contributed by atoms with van der Waals surface area (Å²) in [6, 6.07) is 0. The monoisotopic (exact) mass is 409 g/mol. The Kier molecular flexibility index (Phi) is 4.64. The van der Waals surface area contributed by atoms with E-state index in [-0.39, 0.29) is 11.9 Å². The van der Waals surface area contributed by atoms with E-state index < -0.39 is 0 Å². The van der Waals surface area contributed by atoms with Crippen molar-refractivity contribution in [2.45, 2.75) is 35.9 Å². The molecular formula is C16H16ClN5O2S2. The Morgan fingerprint density at radius 1 is 1.46 bits per heavy atom. The van der Waals surface area contributed by atoms with Crippen LogP contribution in [0.2, 0.25) is 5.02 Å². The quantitative estimate of drug-likeness (QED) is 0.493. The van der Waals surface area contributed by atoms with Crippen LogP contribution in [0, 0.1) is 0 Å². The van der Waals surface area contributed by atoms with Gasteiger partial charge in [0, 0.05) is 31.1 Å². The van der Waals surface area contributed by atoms with E-state index in [9.17, 15) is 9.90 Å². The van der Waals surface area contributed by atoms with E-state index in [1.807, 2.05) is 11.8 Å².